The Kier molecular flexibility index (Phi) is 7.04. The molecule has 0 bridgehead atoms. The molecule has 28 heavy (non-hydrogen) atoms. The average molecular weight is 384 g/mol. The fourth-order valence-electron chi connectivity index (χ4n) is 3.21. The van der Waals surface area contributed by atoms with Gasteiger partial charge in [0.15, 0.2) is 18.1 Å². The van der Waals surface area contributed by atoms with Crippen molar-refractivity contribution < 1.29 is 19.1 Å². The molecule has 0 heterocycles. The Bertz CT molecular complexity index is 819. The maximum Gasteiger partial charge on any atom is 0.255 e. The molecule has 150 valence electrons. The Balaban J connectivity index is 2.04. The zero-order chi connectivity index (χ0) is 20.7. The summed E-state index contributed by atoms with van der Waals surface area (Å²) in [5.74, 6) is -0.0582. The lowest BCUT2D eigenvalue weighted by Crippen LogP contribution is -2.37. The maximum atomic E-state index is 12.6. The summed E-state index contributed by atoms with van der Waals surface area (Å²) in [7, 11) is 1.47. The Morgan fingerprint density at radius 2 is 1.79 bits per heavy atom. The molecule has 2 aromatic carbocycles. The standard InChI is InChI=1S/C22H28N2O4/c1-15(13-22(2,3)17-8-6-5-7-9-17)24-21(26)16-10-11-18(19(12-16)27-4)28-14-20(23)25/h5-12,15H,13-14H2,1-4H3,(H2,23,25)(H,24,26). The molecule has 1 unspecified atom stereocenters. The number of methoxy groups -OCH3 is 1. The van der Waals surface area contributed by atoms with Crippen LogP contribution in [0.2, 0.25) is 0 Å². The number of hydrogen-bond acceptors (Lipinski definition) is 4. The van der Waals surface area contributed by atoms with Crippen molar-refractivity contribution >= 4 is 11.8 Å². The number of nitrogens with two attached hydrogens (primary N) is 1. The first-order chi connectivity index (χ1) is 13.2. The number of amides is 2. The largest absolute Gasteiger partial charge is 0.493 e. The predicted octanol–water partition coefficient (Wildman–Crippen LogP) is 3.05. The lowest BCUT2D eigenvalue weighted by molar-refractivity contribution is -0.119. The van der Waals surface area contributed by atoms with Gasteiger partial charge >= 0.3 is 0 Å². The summed E-state index contributed by atoms with van der Waals surface area (Å²) in [6.45, 7) is 6.06. The van der Waals surface area contributed by atoms with Crippen molar-refractivity contribution in [2.45, 2.75) is 38.6 Å². The van der Waals surface area contributed by atoms with Crippen molar-refractivity contribution in [2.75, 3.05) is 13.7 Å². The number of hydrogen-bond donors (Lipinski definition) is 2. The molecule has 0 radical (unpaired) electrons. The first-order valence-electron chi connectivity index (χ1n) is 9.18. The zero-order valence-corrected chi connectivity index (χ0v) is 16.8. The molecule has 6 nitrogen and oxygen atoms in total. The summed E-state index contributed by atoms with van der Waals surface area (Å²) >= 11 is 0. The van der Waals surface area contributed by atoms with Gasteiger partial charge in [-0.3, -0.25) is 9.59 Å². The number of carbonyl (C=O) groups is 2. The van der Waals surface area contributed by atoms with Crippen LogP contribution in [0, 0.1) is 0 Å². The van der Waals surface area contributed by atoms with Gasteiger partial charge in [-0.2, -0.15) is 0 Å². The van der Waals surface area contributed by atoms with Gasteiger partial charge in [-0.05, 0) is 42.5 Å². The van der Waals surface area contributed by atoms with Gasteiger partial charge in [-0.1, -0.05) is 44.2 Å². The van der Waals surface area contributed by atoms with Crippen LogP contribution in [-0.4, -0.2) is 31.6 Å². The molecule has 2 amide bonds. The van der Waals surface area contributed by atoms with E-state index in [1.165, 1.54) is 12.7 Å². The van der Waals surface area contributed by atoms with Gasteiger partial charge in [-0.15, -0.1) is 0 Å². The van der Waals surface area contributed by atoms with Gasteiger partial charge in [-0.25, -0.2) is 0 Å². The molecule has 1 atom stereocenters. The Morgan fingerprint density at radius 1 is 1.11 bits per heavy atom. The van der Waals surface area contributed by atoms with Crippen LogP contribution < -0.4 is 20.5 Å². The molecule has 0 spiro atoms. The van der Waals surface area contributed by atoms with Crippen molar-refractivity contribution in [1.29, 1.82) is 0 Å². The van der Waals surface area contributed by atoms with Crippen LogP contribution in [-0.2, 0) is 10.2 Å². The van der Waals surface area contributed by atoms with Crippen molar-refractivity contribution in [1.82, 2.24) is 5.32 Å². The molecule has 0 fully saturated rings. The molecule has 0 aliphatic heterocycles. The van der Waals surface area contributed by atoms with Gasteiger partial charge in [0.2, 0.25) is 0 Å². The SMILES string of the molecule is COc1cc(C(=O)NC(C)CC(C)(C)c2ccccc2)ccc1OCC(N)=O. The highest BCUT2D eigenvalue weighted by atomic mass is 16.5. The fraction of sp³-hybridized carbons (Fsp3) is 0.364. The average Bonchev–Trinajstić information content (AvgIpc) is 2.66. The van der Waals surface area contributed by atoms with E-state index in [4.69, 9.17) is 15.2 Å². The van der Waals surface area contributed by atoms with Crippen LogP contribution in [0.1, 0.15) is 43.1 Å². The number of ether oxygens (including phenoxy) is 2. The second-order valence-electron chi connectivity index (χ2n) is 7.45. The van der Waals surface area contributed by atoms with Crippen LogP contribution in [0.3, 0.4) is 0 Å². The molecule has 0 aliphatic rings. The van der Waals surface area contributed by atoms with Crippen molar-refractivity contribution in [2.24, 2.45) is 5.73 Å². The lowest BCUT2D eigenvalue weighted by Gasteiger charge is -2.29. The normalized spacial score (nSPS) is 12.1. The highest BCUT2D eigenvalue weighted by Crippen LogP contribution is 2.29. The molecular formula is C22H28N2O4. The molecule has 0 saturated heterocycles. The number of rotatable bonds is 9. The minimum absolute atomic E-state index is 0.0283. The molecule has 0 saturated carbocycles. The maximum absolute atomic E-state index is 12.6. The highest BCUT2D eigenvalue weighted by molar-refractivity contribution is 5.95. The van der Waals surface area contributed by atoms with Crippen molar-refractivity contribution in [3.63, 3.8) is 0 Å². The van der Waals surface area contributed by atoms with Crippen LogP contribution in [0.5, 0.6) is 11.5 Å². The smallest absolute Gasteiger partial charge is 0.255 e. The van der Waals surface area contributed by atoms with Gasteiger partial charge in [0, 0.05) is 11.6 Å². The van der Waals surface area contributed by atoms with Gasteiger partial charge in [0.05, 0.1) is 7.11 Å². The summed E-state index contributed by atoms with van der Waals surface area (Å²) in [6.07, 6.45) is 0.791. The molecule has 3 N–H and O–H groups in total. The molecule has 2 rings (SSSR count). The van der Waals surface area contributed by atoms with Gasteiger partial charge in [0.25, 0.3) is 11.8 Å². The van der Waals surface area contributed by atoms with E-state index in [1.54, 1.807) is 18.2 Å². The van der Waals surface area contributed by atoms with Crippen molar-refractivity contribution in [3.05, 3.63) is 59.7 Å². The molecular weight excluding hydrogens is 356 g/mol. The summed E-state index contributed by atoms with van der Waals surface area (Å²) in [5.41, 5.74) is 6.70. The zero-order valence-electron chi connectivity index (χ0n) is 16.8. The number of carbonyl (C=O) groups excluding carboxylic acids is 2. The third-order valence-corrected chi connectivity index (χ3v) is 4.54. The summed E-state index contributed by atoms with van der Waals surface area (Å²) in [4.78, 5) is 23.5. The van der Waals surface area contributed by atoms with E-state index in [1.807, 2.05) is 25.1 Å². The number of nitrogens with one attached hydrogen (secondary N) is 1. The molecule has 6 heteroatoms. The van der Waals surface area contributed by atoms with E-state index in [2.05, 4.69) is 31.3 Å². The Hall–Kier alpha value is -3.02. The summed E-state index contributed by atoms with van der Waals surface area (Å²) in [6, 6.07) is 15.0. The second kappa shape index (κ2) is 9.26. The van der Waals surface area contributed by atoms with Crippen LogP contribution in [0.15, 0.2) is 48.5 Å². The first kappa shape index (κ1) is 21.3. The van der Waals surface area contributed by atoms with E-state index in [0.717, 1.165) is 6.42 Å². The van der Waals surface area contributed by atoms with Crippen LogP contribution >= 0.6 is 0 Å². The molecule has 2 aromatic rings. The highest BCUT2D eigenvalue weighted by Gasteiger charge is 2.24. The third-order valence-electron chi connectivity index (χ3n) is 4.54. The van der Waals surface area contributed by atoms with E-state index in [9.17, 15) is 9.59 Å². The van der Waals surface area contributed by atoms with Gasteiger partial charge < -0.3 is 20.5 Å². The minimum Gasteiger partial charge on any atom is -0.493 e. The quantitative estimate of drug-likeness (QED) is 0.695. The fourth-order valence-corrected chi connectivity index (χ4v) is 3.21. The second-order valence-corrected chi connectivity index (χ2v) is 7.45. The van der Waals surface area contributed by atoms with E-state index in [0.29, 0.717) is 17.1 Å². The van der Waals surface area contributed by atoms with Crippen LogP contribution in [0.25, 0.3) is 0 Å². The van der Waals surface area contributed by atoms with E-state index in [-0.39, 0.29) is 24.0 Å². The van der Waals surface area contributed by atoms with E-state index >= 15 is 0 Å². The van der Waals surface area contributed by atoms with Crippen molar-refractivity contribution in [3.8, 4) is 11.5 Å². The number of primary amides is 1. The molecule has 0 aromatic heterocycles. The third kappa shape index (κ3) is 5.74. The van der Waals surface area contributed by atoms with E-state index < -0.39 is 5.91 Å². The summed E-state index contributed by atoms with van der Waals surface area (Å²) < 4.78 is 10.5. The topological polar surface area (TPSA) is 90.7 Å². The molecule has 0 aliphatic carbocycles. The monoisotopic (exact) mass is 384 g/mol. The summed E-state index contributed by atoms with van der Waals surface area (Å²) in [5, 5.41) is 3.03. The first-order valence-corrected chi connectivity index (χ1v) is 9.18. The van der Waals surface area contributed by atoms with Crippen LogP contribution in [0.4, 0.5) is 0 Å². The number of benzene rings is 2. The Morgan fingerprint density at radius 3 is 2.39 bits per heavy atom. The Labute approximate surface area is 166 Å². The van der Waals surface area contributed by atoms with Gasteiger partial charge in [0.1, 0.15) is 0 Å². The minimum atomic E-state index is -0.585. The lowest BCUT2D eigenvalue weighted by atomic mass is 9.79. The predicted molar refractivity (Wildman–Crippen MR) is 109 cm³/mol.